The molecule has 5 aromatic rings. The van der Waals surface area contributed by atoms with E-state index in [-0.39, 0.29) is 34.5 Å². The third kappa shape index (κ3) is 4.77. The Morgan fingerprint density at radius 3 is 2.40 bits per heavy atom. The minimum Gasteiger partial charge on any atom is -0.482 e. The van der Waals surface area contributed by atoms with Crippen LogP contribution in [0.25, 0.3) is 21.9 Å². The molecule has 0 aliphatic carbocycles. The first kappa shape index (κ1) is 22.0. The third-order valence-electron chi connectivity index (χ3n) is 5.20. The monoisotopic (exact) mass is 470 g/mol. The Labute approximate surface area is 197 Å². The van der Waals surface area contributed by atoms with Crippen LogP contribution in [0, 0.1) is 6.92 Å². The summed E-state index contributed by atoms with van der Waals surface area (Å²) in [5.41, 5.74) is 0.564. The second-order valence-corrected chi connectivity index (χ2v) is 7.67. The smallest absolute Gasteiger partial charge is 0.349 e. The molecule has 2 aromatic heterocycles. The molecule has 35 heavy (non-hydrogen) atoms. The summed E-state index contributed by atoms with van der Waals surface area (Å²) in [5.74, 6) is 0.419. The van der Waals surface area contributed by atoms with Gasteiger partial charge in [0.2, 0.25) is 11.2 Å². The summed E-state index contributed by atoms with van der Waals surface area (Å²) >= 11 is 0. The van der Waals surface area contributed by atoms with Gasteiger partial charge in [-0.25, -0.2) is 9.59 Å². The second kappa shape index (κ2) is 9.18. The number of carbonyl (C=O) groups excluding carboxylic acids is 1. The summed E-state index contributed by atoms with van der Waals surface area (Å²) in [7, 11) is 0. The van der Waals surface area contributed by atoms with E-state index in [2.05, 4.69) is 0 Å². The van der Waals surface area contributed by atoms with Crippen molar-refractivity contribution in [2.45, 2.75) is 6.92 Å². The van der Waals surface area contributed by atoms with Gasteiger partial charge in [0.05, 0.1) is 5.39 Å². The van der Waals surface area contributed by atoms with Gasteiger partial charge in [-0.3, -0.25) is 4.79 Å². The van der Waals surface area contributed by atoms with Gasteiger partial charge in [0.1, 0.15) is 34.7 Å². The normalized spacial score (nSPS) is 10.9. The van der Waals surface area contributed by atoms with E-state index in [1.807, 2.05) is 6.07 Å². The van der Waals surface area contributed by atoms with Crippen molar-refractivity contribution in [3.05, 3.63) is 105 Å². The number of esters is 1. The summed E-state index contributed by atoms with van der Waals surface area (Å²) in [6.45, 7) is 1.42. The summed E-state index contributed by atoms with van der Waals surface area (Å²) in [4.78, 5) is 36.6. The van der Waals surface area contributed by atoms with E-state index in [1.54, 1.807) is 43.3 Å². The number of carbonyl (C=O) groups is 1. The van der Waals surface area contributed by atoms with Gasteiger partial charge in [-0.2, -0.15) is 0 Å². The van der Waals surface area contributed by atoms with Gasteiger partial charge in [-0.1, -0.05) is 18.2 Å². The topological polar surface area (TPSA) is 105 Å². The van der Waals surface area contributed by atoms with Gasteiger partial charge < -0.3 is 23.0 Å². The molecular weight excluding hydrogens is 452 g/mol. The first-order chi connectivity index (χ1) is 17.0. The first-order valence-corrected chi connectivity index (χ1v) is 10.6. The van der Waals surface area contributed by atoms with Crippen LogP contribution in [-0.2, 0) is 4.79 Å². The van der Waals surface area contributed by atoms with Crippen molar-refractivity contribution in [1.82, 2.24) is 0 Å². The van der Waals surface area contributed by atoms with E-state index < -0.39 is 11.6 Å². The molecule has 0 radical (unpaired) electrons. The number of hydrogen-bond donors (Lipinski definition) is 0. The second-order valence-electron chi connectivity index (χ2n) is 7.67. The lowest BCUT2D eigenvalue weighted by atomic mass is 10.1. The molecule has 0 N–H and O–H groups in total. The molecule has 0 unspecified atom stereocenters. The largest absolute Gasteiger partial charge is 0.482 e. The molecule has 0 fully saturated rings. The van der Waals surface area contributed by atoms with Crippen molar-refractivity contribution in [2.24, 2.45) is 0 Å². The van der Waals surface area contributed by atoms with Crippen LogP contribution in [0.5, 0.6) is 23.0 Å². The average Bonchev–Trinajstić information content (AvgIpc) is 2.85. The molecule has 5 rings (SSSR count). The molecule has 0 amide bonds. The summed E-state index contributed by atoms with van der Waals surface area (Å²) in [5, 5.41) is 1.05. The predicted molar refractivity (Wildman–Crippen MR) is 127 cm³/mol. The number of benzene rings is 3. The third-order valence-corrected chi connectivity index (χ3v) is 5.20. The summed E-state index contributed by atoms with van der Waals surface area (Å²) in [6, 6.07) is 19.7. The molecule has 0 saturated carbocycles. The van der Waals surface area contributed by atoms with E-state index in [0.717, 1.165) is 10.9 Å². The van der Waals surface area contributed by atoms with Crippen LogP contribution < -0.4 is 25.3 Å². The van der Waals surface area contributed by atoms with E-state index in [1.165, 1.54) is 36.6 Å². The zero-order valence-electron chi connectivity index (χ0n) is 18.5. The maximum absolute atomic E-state index is 12.7. The van der Waals surface area contributed by atoms with Crippen LogP contribution in [0.4, 0.5) is 0 Å². The highest BCUT2D eigenvalue weighted by Gasteiger charge is 2.13. The zero-order chi connectivity index (χ0) is 24.4. The van der Waals surface area contributed by atoms with Crippen molar-refractivity contribution >= 4 is 27.9 Å². The van der Waals surface area contributed by atoms with Crippen LogP contribution in [0.2, 0.25) is 0 Å². The van der Waals surface area contributed by atoms with Gasteiger partial charge in [0, 0.05) is 23.6 Å². The molecule has 3 aromatic carbocycles. The maximum Gasteiger partial charge on any atom is 0.349 e. The lowest BCUT2D eigenvalue weighted by molar-refractivity contribution is -0.136. The molecule has 0 aliphatic rings. The van der Waals surface area contributed by atoms with Crippen molar-refractivity contribution in [3.8, 4) is 23.0 Å². The maximum atomic E-state index is 12.7. The van der Waals surface area contributed by atoms with Crippen LogP contribution in [0.15, 0.2) is 97.5 Å². The Morgan fingerprint density at radius 2 is 1.57 bits per heavy atom. The molecule has 0 bridgehead atoms. The van der Waals surface area contributed by atoms with Crippen LogP contribution in [0.1, 0.15) is 5.56 Å². The fourth-order valence-corrected chi connectivity index (χ4v) is 3.54. The molecule has 0 saturated heterocycles. The molecule has 8 nitrogen and oxygen atoms in total. The number of hydrogen-bond acceptors (Lipinski definition) is 8. The van der Waals surface area contributed by atoms with Crippen molar-refractivity contribution < 1.29 is 27.8 Å². The number of rotatable bonds is 6. The molecule has 174 valence electrons. The van der Waals surface area contributed by atoms with E-state index in [9.17, 15) is 14.4 Å². The molecular formula is C27H18O8. The Kier molecular flexibility index (Phi) is 5.76. The van der Waals surface area contributed by atoms with Crippen LogP contribution in [-0.4, -0.2) is 12.6 Å². The Balaban J connectivity index is 1.27. The fourth-order valence-electron chi connectivity index (χ4n) is 3.54. The highest BCUT2D eigenvalue weighted by atomic mass is 16.6. The number of fused-ring (bicyclic) bond motifs is 2. The number of aryl methyl sites for hydroxylation is 1. The molecule has 0 spiro atoms. The molecule has 0 atom stereocenters. The van der Waals surface area contributed by atoms with Gasteiger partial charge in [-0.15, -0.1) is 0 Å². The molecule has 0 aliphatic heterocycles. The van der Waals surface area contributed by atoms with Crippen LogP contribution in [0.3, 0.4) is 0 Å². The minimum atomic E-state index is -0.665. The van der Waals surface area contributed by atoms with Crippen molar-refractivity contribution in [3.63, 3.8) is 0 Å². The molecule has 8 heteroatoms. The van der Waals surface area contributed by atoms with E-state index >= 15 is 0 Å². The van der Waals surface area contributed by atoms with Gasteiger partial charge >= 0.3 is 11.6 Å². The highest BCUT2D eigenvalue weighted by Crippen LogP contribution is 2.25. The first-order valence-electron chi connectivity index (χ1n) is 10.6. The number of ether oxygens (including phenoxy) is 3. The van der Waals surface area contributed by atoms with Crippen LogP contribution >= 0.6 is 0 Å². The number of para-hydroxylation sites is 1. The van der Waals surface area contributed by atoms with Crippen molar-refractivity contribution in [2.75, 3.05) is 6.61 Å². The average molecular weight is 470 g/mol. The SMILES string of the molecule is Cc1cc(=O)oc2cc(OCC(=O)Oc3ccc4c(=O)c(Oc5ccccc5)coc4c3)ccc12. The van der Waals surface area contributed by atoms with Gasteiger partial charge in [0.25, 0.3) is 0 Å². The minimum absolute atomic E-state index is 0.0447. The quantitative estimate of drug-likeness (QED) is 0.194. The summed E-state index contributed by atoms with van der Waals surface area (Å²) in [6.07, 6.45) is 1.21. The van der Waals surface area contributed by atoms with E-state index in [4.69, 9.17) is 23.0 Å². The van der Waals surface area contributed by atoms with Gasteiger partial charge in [0.15, 0.2) is 6.61 Å². The molecule has 2 heterocycles. The summed E-state index contributed by atoms with van der Waals surface area (Å²) < 4.78 is 27.1. The Hall–Kier alpha value is -4.85. The lowest BCUT2D eigenvalue weighted by Crippen LogP contribution is -2.17. The van der Waals surface area contributed by atoms with Gasteiger partial charge in [-0.05, 0) is 48.9 Å². The van der Waals surface area contributed by atoms with E-state index in [0.29, 0.717) is 17.1 Å². The Morgan fingerprint density at radius 1 is 0.829 bits per heavy atom. The highest BCUT2D eigenvalue weighted by molar-refractivity contribution is 5.82. The zero-order valence-corrected chi connectivity index (χ0v) is 18.5. The predicted octanol–water partition coefficient (Wildman–Crippen LogP) is 4.98. The lowest BCUT2D eigenvalue weighted by Gasteiger charge is -2.09. The Bertz CT molecular complexity index is 1660. The standard InChI is InChI=1S/C27H18O8/c1-16-11-25(28)35-23-12-18(7-9-20(16)23)31-15-26(29)34-19-8-10-21-22(13-19)32-14-24(27(21)30)33-17-5-3-2-4-6-17/h2-14H,15H2,1H3. The van der Waals surface area contributed by atoms with Crippen molar-refractivity contribution in [1.29, 1.82) is 0 Å². The fraction of sp³-hybridized carbons (Fsp3) is 0.0741.